The molecule has 1 aromatic rings. The summed E-state index contributed by atoms with van der Waals surface area (Å²) in [5.41, 5.74) is 3.17. The number of nitrogens with one attached hydrogen (secondary N) is 4. The van der Waals surface area contributed by atoms with Crippen LogP contribution in [0.2, 0.25) is 0 Å². The van der Waals surface area contributed by atoms with Gasteiger partial charge in [0.1, 0.15) is 12.0 Å². The highest BCUT2D eigenvalue weighted by Gasteiger charge is 2.70. The van der Waals surface area contributed by atoms with Gasteiger partial charge >= 0.3 is 0 Å². The van der Waals surface area contributed by atoms with Gasteiger partial charge in [0.25, 0.3) is 5.91 Å². The molecule has 4 N–H and O–H groups in total. The summed E-state index contributed by atoms with van der Waals surface area (Å²) in [5, 5.41) is 17.1. The second kappa shape index (κ2) is 7.66. The number of fused-ring (bicyclic) bond motifs is 1. The van der Waals surface area contributed by atoms with Crippen LogP contribution in [0.5, 0.6) is 0 Å². The SMILES string of the molecule is CC1=CN/C(=C(\C=N)c2cc(NC34CC3C4)c(C(=O)NCC(F)C(C)C)cn2)N=C1. The number of allylic oxidation sites excluding steroid dienone is 2. The van der Waals surface area contributed by atoms with Crippen LogP contribution in [0, 0.1) is 17.2 Å². The zero-order valence-corrected chi connectivity index (χ0v) is 17.4. The molecule has 0 radical (unpaired) electrons. The summed E-state index contributed by atoms with van der Waals surface area (Å²) in [6.45, 7) is 5.45. The van der Waals surface area contributed by atoms with Crippen LogP contribution in [0.15, 0.2) is 34.8 Å². The Morgan fingerprint density at radius 3 is 2.77 bits per heavy atom. The van der Waals surface area contributed by atoms with Crippen LogP contribution < -0.4 is 16.0 Å². The lowest BCUT2D eigenvalue weighted by Crippen LogP contribution is -2.33. The van der Waals surface area contributed by atoms with E-state index in [1.807, 2.05) is 13.1 Å². The van der Waals surface area contributed by atoms with Crippen molar-refractivity contribution in [1.82, 2.24) is 15.6 Å². The van der Waals surface area contributed by atoms with Gasteiger partial charge in [0.2, 0.25) is 0 Å². The third-order valence-electron chi connectivity index (χ3n) is 5.90. The maximum absolute atomic E-state index is 13.9. The number of carbonyl (C=O) groups excluding carboxylic acids is 1. The lowest BCUT2D eigenvalue weighted by atomic mass is 10.1. The molecular weight excluding hydrogens is 383 g/mol. The Morgan fingerprint density at radius 2 is 2.20 bits per heavy atom. The minimum Gasteiger partial charge on any atom is -0.379 e. The minimum atomic E-state index is -1.10. The van der Waals surface area contributed by atoms with Crippen LogP contribution in [0.25, 0.3) is 5.57 Å². The van der Waals surface area contributed by atoms with Crippen LogP contribution in [-0.2, 0) is 0 Å². The molecule has 2 saturated carbocycles. The van der Waals surface area contributed by atoms with E-state index in [0.29, 0.717) is 34.3 Å². The number of amides is 1. The van der Waals surface area contributed by atoms with Gasteiger partial charge in [0, 0.05) is 36.9 Å². The Labute approximate surface area is 175 Å². The molecule has 30 heavy (non-hydrogen) atoms. The third kappa shape index (κ3) is 3.99. The molecule has 7 nitrogen and oxygen atoms in total. The Balaban J connectivity index is 1.62. The molecule has 0 aromatic carbocycles. The molecule has 4 rings (SSSR count). The van der Waals surface area contributed by atoms with Crippen LogP contribution in [0.4, 0.5) is 10.1 Å². The monoisotopic (exact) mass is 410 g/mol. The maximum atomic E-state index is 13.9. The van der Waals surface area contributed by atoms with Gasteiger partial charge in [-0.1, -0.05) is 13.8 Å². The van der Waals surface area contributed by atoms with Crippen LogP contribution in [0.1, 0.15) is 49.7 Å². The lowest BCUT2D eigenvalue weighted by Gasteiger charge is -2.18. The number of rotatable bonds is 8. The molecule has 0 bridgehead atoms. The highest BCUT2D eigenvalue weighted by Crippen LogP contribution is 2.68. The molecule has 1 unspecified atom stereocenters. The number of carbonyl (C=O) groups is 1. The summed E-state index contributed by atoms with van der Waals surface area (Å²) in [5.74, 6) is 0.673. The van der Waals surface area contributed by atoms with Crippen molar-refractivity contribution in [3.05, 3.63) is 41.1 Å². The fraction of sp³-hybridized carbons (Fsp3) is 0.455. The molecule has 2 heterocycles. The standard InChI is InChI=1S/C22H27FN6O/c1-12(2)17(23)11-28-21(30)16-10-25-18(4-19(16)29-22-5-14(22)6-22)15(7-24)20-26-8-13(3)9-27-20/h4,7-10,12,14,17,24,26H,5-6,11H2,1-3H3,(H,25,29)(H,28,30)/b20-15-,24-7?. The first-order chi connectivity index (χ1) is 14.3. The summed E-state index contributed by atoms with van der Waals surface area (Å²) < 4.78 is 13.9. The van der Waals surface area contributed by atoms with Crippen molar-refractivity contribution >= 4 is 29.6 Å². The number of nitrogens with zero attached hydrogens (tertiary/aromatic N) is 2. The molecule has 8 heteroatoms. The van der Waals surface area contributed by atoms with E-state index in [9.17, 15) is 9.18 Å². The van der Waals surface area contributed by atoms with E-state index in [2.05, 4.69) is 25.9 Å². The lowest BCUT2D eigenvalue weighted by molar-refractivity contribution is 0.0935. The summed E-state index contributed by atoms with van der Waals surface area (Å²) in [6, 6.07) is 1.78. The average Bonchev–Trinajstić information content (AvgIpc) is 3.58. The summed E-state index contributed by atoms with van der Waals surface area (Å²) in [4.78, 5) is 21.5. The molecule has 158 valence electrons. The maximum Gasteiger partial charge on any atom is 0.255 e. The molecule has 0 spiro atoms. The number of hydrogen-bond donors (Lipinski definition) is 4. The van der Waals surface area contributed by atoms with Gasteiger partial charge in [0.05, 0.1) is 22.5 Å². The van der Waals surface area contributed by atoms with Gasteiger partial charge < -0.3 is 21.4 Å². The van der Waals surface area contributed by atoms with E-state index < -0.39 is 6.17 Å². The van der Waals surface area contributed by atoms with E-state index in [0.717, 1.165) is 18.4 Å². The number of aliphatic imine (C=N–C) groups is 1. The second-order valence-corrected chi connectivity index (χ2v) is 8.67. The minimum absolute atomic E-state index is 0.0361. The van der Waals surface area contributed by atoms with Crippen LogP contribution in [0.3, 0.4) is 0 Å². The molecule has 1 atom stereocenters. The first kappa shape index (κ1) is 20.3. The predicted molar refractivity (Wildman–Crippen MR) is 116 cm³/mol. The molecule has 2 fully saturated rings. The van der Waals surface area contributed by atoms with Crippen molar-refractivity contribution in [3.63, 3.8) is 0 Å². The van der Waals surface area contributed by atoms with E-state index >= 15 is 0 Å². The number of alkyl halides is 1. The van der Waals surface area contributed by atoms with Crippen molar-refractivity contribution < 1.29 is 9.18 Å². The molecule has 1 aliphatic heterocycles. The van der Waals surface area contributed by atoms with Gasteiger partial charge in [-0.05, 0) is 43.2 Å². The van der Waals surface area contributed by atoms with Gasteiger partial charge in [0.15, 0.2) is 0 Å². The van der Waals surface area contributed by atoms with Crippen molar-refractivity contribution in [2.75, 3.05) is 11.9 Å². The highest BCUT2D eigenvalue weighted by atomic mass is 19.1. The Bertz CT molecular complexity index is 974. The Kier molecular flexibility index (Phi) is 5.17. The van der Waals surface area contributed by atoms with Gasteiger partial charge in [-0.2, -0.15) is 0 Å². The van der Waals surface area contributed by atoms with Gasteiger partial charge in [-0.3, -0.25) is 9.78 Å². The quantitative estimate of drug-likeness (QED) is 0.494. The Morgan fingerprint density at radius 1 is 1.47 bits per heavy atom. The highest BCUT2D eigenvalue weighted by molar-refractivity contribution is 6.10. The first-order valence-electron chi connectivity index (χ1n) is 10.3. The number of pyridine rings is 1. The third-order valence-corrected chi connectivity index (χ3v) is 5.90. The van der Waals surface area contributed by atoms with E-state index in [1.165, 1.54) is 12.4 Å². The summed E-state index contributed by atoms with van der Waals surface area (Å²) in [7, 11) is 0. The number of anilines is 1. The second-order valence-electron chi connectivity index (χ2n) is 8.67. The van der Waals surface area contributed by atoms with Crippen LogP contribution >= 0.6 is 0 Å². The molecule has 0 saturated heterocycles. The number of halogens is 1. The van der Waals surface area contributed by atoms with E-state index in [-0.39, 0.29) is 23.9 Å². The number of hydrogen-bond acceptors (Lipinski definition) is 6. The van der Waals surface area contributed by atoms with E-state index in [4.69, 9.17) is 5.41 Å². The fourth-order valence-electron chi connectivity index (χ4n) is 3.42. The number of aromatic nitrogens is 1. The molecule has 1 aromatic heterocycles. The van der Waals surface area contributed by atoms with Gasteiger partial charge in [-0.15, -0.1) is 0 Å². The first-order valence-corrected chi connectivity index (χ1v) is 10.3. The van der Waals surface area contributed by atoms with E-state index in [1.54, 1.807) is 26.1 Å². The molecule has 1 amide bonds. The molecule has 3 aliphatic rings. The topological polar surface area (TPSA) is 102 Å². The largest absolute Gasteiger partial charge is 0.379 e. The van der Waals surface area contributed by atoms with Crippen molar-refractivity contribution in [3.8, 4) is 0 Å². The summed E-state index contributed by atoms with van der Waals surface area (Å²) >= 11 is 0. The zero-order valence-electron chi connectivity index (χ0n) is 17.4. The van der Waals surface area contributed by atoms with Crippen molar-refractivity contribution in [2.24, 2.45) is 16.8 Å². The van der Waals surface area contributed by atoms with Crippen LogP contribution in [-0.4, -0.2) is 41.6 Å². The Hall–Kier alpha value is -3.03. The zero-order chi connectivity index (χ0) is 21.5. The van der Waals surface area contributed by atoms with Crippen molar-refractivity contribution in [2.45, 2.75) is 45.3 Å². The fourth-order valence-corrected chi connectivity index (χ4v) is 3.42. The average molecular weight is 410 g/mol. The molecule has 2 aliphatic carbocycles. The predicted octanol–water partition coefficient (Wildman–Crippen LogP) is 3.28. The normalized spacial score (nSPS) is 26.2. The smallest absolute Gasteiger partial charge is 0.255 e. The summed E-state index contributed by atoms with van der Waals surface area (Å²) in [6.07, 6.45) is 7.31. The molecular formula is C22H27FN6O. The van der Waals surface area contributed by atoms with Crippen molar-refractivity contribution in [1.29, 1.82) is 5.41 Å². The van der Waals surface area contributed by atoms with Gasteiger partial charge in [-0.25, -0.2) is 9.38 Å².